The van der Waals surface area contributed by atoms with Gasteiger partial charge in [0.2, 0.25) is 0 Å². The highest BCUT2D eigenvalue weighted by Crippen LogP contribution is 2.17. The summed E-state index contributed by atoms with van der Waals surface area (Å²) < 4.78 is 5.32. The molecule has 1 rings (SSSR count). The van der Waals surface area contributed by atoms with Crippen LogP contribution in [0.1, 0.15) is 13.8 Å². The fraction of sp³-hybridized carbons (Fsp3) is 0.545. The highest BCUT2D eigenvalue weighted by Gasteiger charge is 2.06. The van der Waals surface area contributed by atoms with Gasteiger partial charge >= 0.3 is 0 Å². The van der Waals surface area contributed by atoms with Gasteiger partial charge in [-0.15, -0.1) is 11.8 Å². The van der Waals surface area contributed by atoms with Crippen LogP contribution in [-0.2, 0) is 4.74 Å². The van der Waals surface area contributed by atoms with Crippen LogP contribution in [0.2, 0.25) is 0 Å². The average molecular weight is 227 g/mol. The van der Waals surface area contributed by atoms with Gasteiger partial charge in [0.1, 0.15) is 0 Å². The first-order chi connectivity index (χ1) is 7.18. The Morgan fingerprint density at radius 1 is 1.40 bits per heavy atom. The van der Waals surface area contributed by atoms with Crippen molar-refractivity contribution in [1.29, 1.82) is 0 Å². The van der Waals surface area contributed by atoms with Gasteiger partial charge in [-0.1, -0.05) is 0 Å². The fourth-order valence-electron chi connectivity index (χ4n) is 0.979. The maximum Gasteiger partial charge on any atom is 0.0867 e. The molecule has 0 bridgehead atoms. The molecular weight excluding hydrogens is 210 g/mol. The Bertz CT molecular complexity index is 267. The maximum absolute atomic E-state index is 9.60. The minimum Gasteiger partial charge on any atom is -0.390 e. The van der Waals surface area contributed by atoms with E-state index in [1.807, 2.05) is 26.0 Å². The number of rotatable bonds is 6. The van der Waals surface area contributed by atoms with Crippen molar-refractivity contribution in [2.24, 2.45) is 0 Å². The van der Waals surface area contributed by atoms with E-state index in [-0.39, 0.29) is 6.10 Å². The van der Waals surface area contributed by atoms with Gasteiger partial charge in [-0.2, -0.15) is 0 Å². The van der Waals surface area contributed by atoms with Crippen LogP contribution in [0.3, 0.4) is 0 Å². The largest absolute Gasteiger partial charge is 0.390 e. The van der Waals surface area contributed by atoms with Gasteiger partial charge in [0, 0.05) is 23.0 Å². The van der Waals surface area contributed by atoms with Crippen LogP contribution >= 0.6 is 11.8 Å². The molecule has 0 amide bonds. The van der Waals surface area contributed by atoms with Crippen LogP contribution in [0.25, 0.3) is 0 Å². The molecule has 0 aliphatic rings. The van der Waals surface area contributed by atoms with Crippen molar-refractivity contribution in [3.05, 3.63) is 24.5 Å². The zero-order chi connectivity index (χ0) is 11.1. The highest BCUT2D eigenvalue weighted by molar-refractivity contribution is 7.99. The number of thioether (sulfide) groups is 1. The van der Waals surface area contributed by atoms with Gasteiger partial charge in [-0.05, 0) is 26.0 Å². The third-order valence-corrected chi connectivity index (χ3v) is 2.87. The molecule has 0 aliphatic carbocycles. The molecule has 4 heteroatoms. The molecule has 84 valence electrons. The first kappa shape index (κ1) is 12.5. The third kappa shape index (κ3) is 5.77. The van der Waals surface area contributed by atoms with Gasteiger partial charge in [-0.3, -0.25) is 4.98 Å². The third-order valence-electron chi connectivity index (χ3n) is 1.71. The summed E-state index contributed by atoms with van der Waals surface area (Å²) >= 11 is 1.61. The molecule has 1 aromatic rings. The molecule has 0 saturated heterocycles. The number of nitrogens with zero attached hydrogens (tertiary/aromatic N) is 1. The Balaban J connectivity index is 2.19. The summed E-state index contributed by atoms with van der Waals surface area (Å²) in [4.78, 5) is 5.05. The highest BCUT2D eigenvalue weighted by atomic mass is 32.2. The standard InChI is InChI=1S/C11H17NO2S/c1-9(2)14-7-10(13)8-15-11-3-5-12-6-4-11/h3-6,9-10,13H,7-8H2,1-2H3. The topological polar surface area (TPSA) is 42.4 Å². The van der Waals surface area contributed by atoms with Crippen LogP contribution in [-0.4, -0.2) is 34.7 Å². The Morgan fingerprint density at radius 2 is 2.07 bits per heavy atom. The van der Waals surface area contributed by atoms with Crippen molar-refractivity contribution in [3.63, 3.8) is 0 Å². The van der Waals surface area contributed by atoms with Crippen molar-refractivity contribution < 1.29 is 9.84 Å². The number of aliphatic hydroxyl groups excluding tert-OH is 1. The van der Waals surface area contributed by atoms with Crippen molar-refractivity contribution in [2.75, 3.05) is 12.4 Å². The fourth-order valence-corrected chi connectivity index (χ4v) is 1.77. The van der Waals surface area contributed by atoms with E-state index in [2.05, 4.69) is 4.98 Å². The number of aromatic nitrogens is 1. The van der Waals surface area contributed by atoms with Gasteiger partial charge in [0.05, 0.1) is 18.8 Å². The molecular formula is C11H17NO2S. The van der Waals surface area contributed by atoms with E-state index in [1.165, 1.54) is 0 Å². The average Bonchev–Trinajstić information content (AvgIpc) is 2.25. The molecule has 0 radical (unpaired) electrons. The number of ether oxygens (including phenoxy) is 1. The normalized spacial score (nSPS) is 13.1. The molecule has 3 nitrogen and oxygen atoms in total. The minimum absolute atomic E-state index is 0.172. The van der Waals surface area contributed by atoms with Crippen molar-refractivity contribution in [3.8, 4) is 0 Å². The lowest BCUT2D eigenvalue weighted by molar-refractivity contribution is 0.0152. The first-order valence-corrected chi connectivity index (χ1v) is 5.99. The van der Waals surface area contributed by atoms with Gasteiger partial charge in [-0.25, -0.2) is 0 Å². The molecule has 1 N–H and O–H groups in total. The SMILES string of the molecule is CC(C)OCC(O)CSc1ccncc1. The molecule has 0 spiro atoms. The number of aliphatic hydroxyl groups is 1. The lowest BCUT2D eigenvalue weighted by Gasteiger charge is -2.12. The molecule has 0 aromatic carbocycles. The number of pyridine rings is 1. The van der Waals surface area contributed by atoms with E-state index in [1.54, 1.807) is 24.2 Å². The molecule has 1 aromatic heterocycles. The smallest absolute Gasteiger partial charge is 0.0867 e. The van der Waals surface area contributed by atoms with Crippen molar-refractivity contribution >= 4 is 11.8 Å². The molecule has 0 fully saturated rings. The Morgan fingerprint density at radius 3 is 2.67 bits per heavy atom. The maximum atomic E-state index is 9.60. The first-order valence-electron chi connectivity index (χ1n) is 5.01. The quantitative estimate of drug-likeness (QED) is 0.754. The van der Waals surface area contributed by atoms with Gasteiger partial charge in [0.15, 0.2) is 0 Å². The summed E-state index contributed by atoms with van der Waals surface area (Å²) in [6, 6.07) is 3.86. The van der Waals surface area contributed by atoms with Gasteiger partial charge < -0.3 is 9.84 Å². The summed E-state index contributed by atoms with van der Waals surface area (Å²) in [5.41, 5.74) is 0. The molecule has 15 heavy (non-hydrogen) atoms. The Kier molecular flexibility index (Phi) is 5.68. The Labute approximate surface area is 94.9 Å². The number of hydrogen-bond donors (Lipinski definition) is 1. The molecule has 0 saturated carbocycles. The summed E-state index contributed by atoms with van der Waals surface area (Å²) in [5, 5.41) is 9.60. The lowest BCUT2D eigenvalue weighted by atomic mass is 10.4. The van der Waals surface area contributed by atoms with E-state index in [4.69, 9.17) is 4.74 Å². The predicted molar refractivity (Wildman–Crippen MR) is 62.1 cm³/mol. The lowest BCUT2D eigenvalue weighted by Crippen LogP contribution is -2.20. The van der Waals surface area contributed by atoms with Crippen molar-refractivity contribution in [1.82, 2.24) is 4.98 Å². The zero-order valence-corrected chi connectivity index (χ0v) is 9.91. The molecule has 1 heterocycles. The second-order valence-electron chi connectivity index (χ2n) is 3.53. The van der Waals surface area contributed by atoms with E-state index in [0.29, 0.717) is 12.4 Å². The van der Waals surface area contributed by atoms with Crippen LogP contribution in [0, 0.1) is 0 Å². The van der Waals surface area contributed by atoms with E-state index in [0.717, 1.165) is 4.90 Å². The predicted octanol–water partition coefficient (Wildman–Crippen LogP) is 1.96. The van der Waals surface area contributed by atoms with Crippen LogP contribution < -0.4 is 0 Å². The monoisotopic (exact) mass is 227 g/mol. The number of hydrogen-bond acceptors (Lipinski definition) is 4. The van der Waals surface area contributed by atoms with E-state index < -0.39 is 6.10 Å². The summed E-state index contributed by atoms with van der Waals surface area (Å²) in [6.07, 6.45) is 3.26. The van der Waals surface area contributed by atoms with Gasteiger partial charge in [0.25, 0.3) is 0 Å². The van der Waals surface area contributed by atoms with E-state index >= 15 is 0 Å². The molecule has 0 aliphatic heterocycles. The minimum atomic E-state index is -0.412. The summed E-state index contributed by atoms with van der Waals surface area (Å²) in [6.45, 7) is 4.32. The van der Waals surface area contributed by atoms with Crippen LogP contribution in [0.4, 0.5) is 0 Å². The van der Waals surface area contributed by atoms with Crippen molar-refractivity contribution in [2.45, 2.75) is 31.0 Å². The summed E-state index contributed by atoms with van der Waals surface area (Å²) in [7, 11) is 0. The van der Waals surface area contributed by atoms with Crippen LogP contribution in [0.5, 0.6) is 0 Å². The summed E-state index contributed by atoms with van der Waals surface area (Å²) in [5.74, 6) is 0.650. The van der Waals surface area contributed by atoms with Crippen LogP contribution in [0.15, 0.2) is 29.4 Å². The Hall–Kier alpha value is -0.580. The second-order valence-corrected chi connectivity index (χ2v) is 4.62. The van der Waals surface area contributed by atoms with E-state index in [9.17, 15) is 5.11 Å². The second kappa shape index (κ2) is 6.82. The zero-order valence-electron chi connectivity index (χ0n) is 9.09. The molecule has 1 atom stereocenters. The molecule has 1 unspecified atom stereocenters.